The molecule has 0 bridgehead atoms. The van der Waals surface area contributed by atoms with Gasteiger partial charge in [0.2, 0.25) is 0 Å². The Morgan fingerprint density at radius 1 is 1.30 bits per heavy atom. The van der Waals surface area contributed by atoms with Crippen molar-refractivity contribution < 1.29 is 14.3 Å². The summed E-state index contributed by atoms with van der Waals surface area (Å²) in [5, 5.41) is 0. The molecule has 1 aromatic carbocycles. The highest BCUT2D eigenvalue weighted by Gasteiger charge is 2.32. The van der Waals surface area contributed by atoms with E-state index in [9.17, 15) is 4.79 Å². The van der Waals surface area contributed by atoms with Gasteiger partial charge < -0.3 is 14.4 Å². The quantitative estimate of drug-likeness (QED) is 0.859. The lowest BCUT2D eigenvalue weighted by atomic mass is 9.92. The fourth-order valence-corrected chi connectivity index (χ4v) is 3.80. The van der Waals surface area contributed by atoms with Gasteiger partial charge in [0.1, 0.15) is 5.60 Å². The molecule has 1 amide bonds. The Morgan fingerprint density at radius 3 is 2.70 bits per heavy atom. The van der Waals surface area contributed by atoms with Gasteiger partial charge in [0.05, 0.1) is 0 Å². The topological polar surface area (TPSA) is 38.8 Å². The molecule has 0 radical (unpaired) electrons. The number of ether oxygens (including phenoxy) is 2. The largest absolute Gasteiger partial charge is 0.483 e. The molecule has 4 nitrogen and oxygen atoms in total. The van der Waals surface area contributed by atoms with E-state index in [0.717, 1.165) is 30.8 Å². The first kappa shape index (κ1) is 16.2. The second kappa shape index (κ2) is 6.06. The molecule has 0 unspecified atom stereocenters. The monoisotopic (exact) mass is 317 g/mol. The summed E-state index contributed by atoms with van der Waals surface area (Å²) in [6.07, 6.45) is 2.06. The Balaban J connectivity index is 1.63. The standard InChI is InChI=1S/C19H27NO3/c1-13-8-14(2)11-20(10-13)17(21)12-22-16-7-5-6-15-9-19(3,4)23-18(15)16/h5-7,13-14H,8-12H2,1-4H3/t13-,14-/m1/s1. The van der Waals surface area contributed by atoms with Crippen LogP contribution >= 0.6 is 0 Å². The highest BCUT2D eigenvalue weighted by molar-refractivity contribution is 5.78. The van der Waals surface area contributed by atoms with E-state index in [4.69, 9.17) is 9.47 Å². The molecular formula is C19H27NO3. The SMILES string of the molecule is C[C@@H]1C[C@@H](C)CN(C(=O)COc2cccc3c2OC(C)(C)C3)C1. The first-order valence-corrected chi connectivity index (χ1v) is 8.55. The van der Waals surface area contributed by atoms with E-state index < -0.39 is 0 Å². The lowest BCUT2D eigenvalue weighted by molar-refractivity contribution is -0.136. The van der Waals surface area contributed by atoms with Gasteiger partial charge in [-0.05, 0) is 38.2 Å². The fraction of sp³-hybridized carbons (Fsp3) is 0.632. The molecule has 2 aliphatic heterocycles. The highest BCUT2D eigenvalue weighted by atomic mass is 16.5. The van der Waals surface area contributed by atoms with Crippen LogP contribution in [0.25, 0.3) is 0 Å². The van der Waals surface area contributed by atoms with Gasteiger partial charge in [0.15, 0.2) is 18.1 Å². The molecule has 0 spiro atoms. The van der Waals surface area contributed by atoms with Crippen LogP contribution in [0.15, 0.2) is 18.2 Å². The van der Waals surface area contributed by atoms with Crippen molar-refractivity contribution in [3.05, 3.63) is 23.8 Å². The van der Waals surface area contributed by atoms with Crippen molar-refractivity contribution in [2.45, 2.75) is 46.1 Å². The summed E-state index contributed by atoms with van der Waals surface area (Å²) in [6.45, 7) is 10.3. The van der Waals surface area contributed by atoms with Gasteiger partial charge in [-0.3, -0.25) is 4.79 Å². The molecule has 126 valence electrons. The zero-order valence-corrected chi connectivity index (χ0v) is 14.6. The number of hydrogen-bond acceptors (Lipinski definition) is 3. The second-order valence-corrected chi connectivity index (χ2v) is 7.82. The number of para-hydroxylation sites is 1. The molecular weight excluding hydrogens is 290 g/mol. The third-order valence-corrected chi connectivity index (χ3v) is 4.63. The molecule has 1 fully saturated rings. The zero-order valence-electron chi connectivity index (χ0n) is 14.6. The van der Waals surface area contributed by atoms with Crippen molar-refractivity contribution in [3.8, 4) is 11.5 Å². The van der Waals surface area contributed by atoms with Gasteiger partial charge >= 0.3 is 0 Å². The maximum absolute atomic E-state index is 12.5. The van der Waals surface area contributed by atoms with Crippen molar-refractivity contribution in [2.75, 3.05) is 19.7 Å². The van der Waals surface area contributed by atoms with E-state index in [0.29, 0.717) is 17.6 Å². The molecule has 0 saturated carbocycles. The van der Waals surface area contributed by atoms with Gasteiger partial charge in [-0.2, -0.15) is 0 Å². The van der Waals surface area contributed by atoms with Crippen molar-refractivity contribution in [1.82, 2.24) is 4.90 Å². The van der Waals surface area contributed by atoms with E-state index >= 15 is 0 Å². The molecule has 0 aliphatic carbocycles. The van der Waals surface area contributed by atoms with Crippen molar-refractivity contribution in [3.63, 3.8) is 0 Å². The zero-order chi connectivity index (χ0) is 16.6. The van der Waals surface area contributed by atoms with Crippen molar-refractivity contribution in [2.24, 2.45) is 11.8 Å². The molecule has 0 aromatic heterocycles. The summed E-state index contributed by atoms with van der Waals surface area (Å²) in [6, 6.07) is 5.91. The number of hydrogen-bond donors (Lipinski definition) is 0. The number of piperidine rings is 1. The van der Waals surface area contributed by atoms with Gasteiger partial charge in [0, 0.05) is 25.1 Å². The average Bonchev–Trinajstić information content (AvgIpc) is 2.78. The van der Waals surface area contributed by atoms with E-state index in [2.05, 4.69) is 33.8 Å². The van der Waals surface area contributed by atoms with Crippen molar-refractivity contribution >= 4 is 5.91 Å². The van der Waals surface area contributed by atoms with Crippen LogP contribution in [-0.4, -0.2) is 36.1 Å². The summed E-state index contributed by atoms with van der Waals surface area (Å²) >= 11 is 0. The van der Waals surface area contributed by atoms with E-state index in [1.165, 1.54) is 6.42 Å². The number of carbonyl (C=O) groups excluding carboxylic acids is 1. The highest BCUT2D eigenvalue weighted by Crippen LogP contribution is 2.41. The minimum absolute atomic E-state index is 0.0678. The van der Waals surface area contributed by atoms with E-state index in [1.807, 2.05) is 17.0 Å². The lowest BCUT2D eigenvalue weighted by Crippen LogP contribution is -2.44. The average molecular weight is 317 g/mol. The van der Waals surface area contributed by atoms with Gasteiger partial charge in [-0.25, -0.2) is 0 Å². The maximum Gasteiger partial charge on any atom is 0.260 e. The van der Waals surface area contributed by atoms with Crippen LogP contribution in [0.2, 0.25) is 0 Å². The number of likely N-dealkylation sites (tertiary alicyclic amines) is 1. The first-order valence-electron chi connectivity index (χ1n) is 8.55. The molecule has 2 aliphatic rings. The molecule has 2 atom stereocenters. The van der Waals surface area contributed by atoms with E-state index in [-0.39, 0.29) is 18.1 Å². The minimum atomic E-state index is -0.205. The van der Waals surface area contributed by atoms with Crippen LogP contribution in [0.3, 0.4) is 0 Å². The first-order chi connectivity index (χ1) is 10.8. The fourth-order valence-electron chi connectivity index (χ4n) is 3.80. The summed E-state index contributed by atoms with van der Waals surface area (Å²) in [4.78, 5) is 14.4. The number of amides is 1. The summed E-state index contributed by atoms with van der Waals surface area (Å²) in [5.41, 5.74) is 0.948. The Kier molecular flexibility index (Phi) is 4.26. The maximum atomic E-state index is 12.5. The lowest BCUT2D eigenvalue weighted by Gasteiger charge is -2.34. The van der Waals surface area contributed by atoms with Gasteiger partial charge in [-0.1, -0.05) is 26.0 Å². The smallest absolute Gasteiger partial charge is 0.260 e. The number of fused-ring (bicyclic) bond motifs is 1. The van der Waals surface area contributed by atoms with Crippen molar-refractivity contribution in [1.29, 1.82) is 0 Å². The number of nitrogens with zero attached hydrogens (tertiary/aromatic N) is 1. The third kappa shape index (κ3) is 3.62. The Hall–Kier alpha value is -1.71. The summed E-state index contributed by atoms with van der Waals surface area (Å²) in [5.74, 6) is 2.67. The number of carbonyl (C=O) groups is 1. The number of rotatable bonds is 3. The third-order valence-electron chi connectivity index (χ3n) is 4.63. The molecule has 2 heterocycles. The Labute approximate surface area is 138 Å². The Morgan fingerprint density at radius 2 is 2.00 bits per heavy atom. The normalized spacial score (nSPS) is 25.7. The predicted molar refractivity (Wildman–Crippen MR) is 89.9 cm³/mol. The molecule has 3 rings (SSSR count). The van der Waals surface area contributed by atoms with Crippen LogP contribution in [0.4, 0.5) is 0 Å². The molecule has 1 saturated heterocycles. The Bertz CT molecular complexity index is 586. The minimum Gasteiger partial charge on any atom is -0.483 e. The van der Waals surface area contributed by atoms with E-state index in [1.54, 1.807) is 0 Å². The molecule has 0 N–H and O–H groups in total. The molecule has 4 heteroatoms. The van der Waals surface area contributed by atoms with Crippen LogP contribution in [0.1, 0.15) is 39.7 Å². The molecule has 1 aromatic rings. The summed E-state index contributed by atoms with van der Waals surface area (Å²) in [7, 11) is 0. The van der Waals surface area contributed by atoms with Crippen LogP contribution in [-0.2, 0) is 11.2 Å². The van der Waals surface area contributed by atoms with Crippen LogP contribution in [0, 0.1) is 11.8 Å². The van der Waals surface area contributed by atoms with Gasteiger partial charge in [0.25, 0.3) is 5.91 Å². The van der Waals surface area contributed by atoms with Crippen LogP contribution < -0.4 is 9.47 Å². The molecule has 23 heavy (non-hydrogen) atoms. The summed E-state index contributed by atoms with van der Waals surface area (Å²) < 4.78 is 11.8. The number of benzene rings is 1. The predicted octanol–water partition coefficient (Wildman–Crippen LogP) is 3.28. The van der Waals surface area contributed by atoms with Gasteiger partial charge in [-0.15, -0.1) is 0 Å². The van der Waals surface area contributed by atoms with Crippen LogP contribution in [0.5, 0.6) is 11.5 Å². The second-order valence-electron chi connectivity index (χ2n) is 7.82.